The predicted molar refractivity (Wildman–Crippen MR) is 45.0 cm³/mol. The summed E-state index contributed by atoms with van der Waals surface area (Å²) in [7, 11) is 0. The Bertz CT molecular complexity index is 443. The fourth-order valence-corrected chi connectivity index (χ4v) is 1.000. The van der Waals surface area contributed by atoms with Gasteiger partial charge in [0.15, 0.2) is 0 Å². The summed E-state index contributed by atoms with van der Waals surface area (Å²) >= 11 is 0. The van der Waals surface area contributed by atoms with Gasteiger partial charge in [0.05, 0.1) is 10.9 Å². The molecule has 0 N–H and O–H groups in total. The molecule has 10 heteroatoms. The summed E-state index contributed by atoms with van der Waals surface area (Å²) in [5, 5.41) is 29.7. The van der Waals surface area contributed by atoms with Gasteiger partial charge in [0.1, 0.15) is 0 Å². The van der Waals surface area contributed by atoms with Crippen LogP contribution in [0.5, 0.6) is 5.75 Å². The van der Waals surface area contributed by atoms with Crippen LogP contribution in [0, 0.1) is 20.2 Å². The third-order valence-corrected chi connectivity index (χ3v) is 1.58. The third kappa shape index (κ3) is 4.01. The van der Waals surface area contributed by atoms with Crippen LogP contribution in [-0.2, 0) is 0 Å². The molecule has 0 unspecified atom stereocenters. The number of carbonyl (C=O) groups excluding carboxylic acids is 1. The average Bonchev–Trinajstić information content (AvgIpc) is 2.16. The summed E-state index contributed by atoms with van der Waals surface area (Å²) in [6.45, 7) is 0. The van der Waals surface area contributed by atoms with Crippen molar-refractivity contribution in [2.75, 3.05) is 0 Å². The Morgan fingerprint density at radius 3 is 2.24 bits per heavy atom. The maximum absolute atomic E-state index is 10.5. The van der Waals surface area contributed by atoms with Crippen LogP contribution in [0.1, 0.15) is 10.4 Å². The van der Waals surface area contributed by atoms with Gasteiger partial charge in [-0.25, -0.2) is 0 Å². The molecule has 0 aromatic heterocycles. The monoisotopic (exact) mass is 266 g/mol. The van der Waals surface area contributed by atoms with Gasteiger partial charge in [0, 0.05) is 11.6 Å². The largest absolute Gasteiger partial charge is 1.00 e. The first-order chi connectivity index (χ1) is 7.43. The van der Waals surface area contributed by atoms with Crippen LogP contribution >= 0.6 is 0 Å². The number of rotatable bonds is 4. The van der Waals surface area contributed by atoms with Crippen LogP contribution in [-0.4, -0.2) is 16.0 Å². The second-order valence-electron chi connectivity index (χ2n) is 2.51. The molecule has 0 aliphatic rings. The number of nitro groups is 1. The topological polar surface area (TPSA) is 136 Å². The van der Waals surface area contributed by atoms with Crippen molar-refractivity contribution in [3.05, 3.63) is 44.0 Å². The molecule has 84 valence electrons. The van der Waals surface area contributed by atoms with E-state index >= 15 is 0 Å². The number of carboxylic acid groups (broad SMARTS) is 1. The summed E-state index contributed by atoms with van der Waals surface area (Å²) in [6.07, 6.45) is 0. The van der Waals surface area contributed by atoms with Gasteiger partial charge in [-0.15, -0.1) is 10.1 Å². The quantitative estimate of drug-likeness (QED) is 0.313. The van der Waals surface area contributed by atoms with Gasteiger partial charge < -0.3 is 9.90 Å². The van der Waals surface area contributed by atoms with Crippen LogP contribution in [0.15, 0.2) is 18.2 Å². The first-order valence-electron chi connectivity index (χ1n) is 3.74. The Kier molecular flexibility index (Phi) is 6.19. The molecule has 0 heterocycles. The molecule has 0 saturated carbocycles. The minimum atomic E-state index is -1.81. The van der Waals surface area contributed by atoms with E-state index in [1.165, 1.54) is 0 Å². The van der Waals surface area contributed by atoms with E-state index in [2.05, 4.69) is 4.84 Å². The summed E-state index contributed by atoms with van der Waals surface area (Å²) in [6, 6.07) is 2.84. The molecule has 0 saturated heterocycles. The number of para-hydroxylation sites is 1. The van der Waals surface area contributed by atoms with Crippen molar-refractivity contribution in [2.24, 2.45) is 0 Å². The maximum atomic E-state index is 10.5. The fraction of sp³-hybridized carbons (Fsp3) is 0. The van der Waals surface area contributed by atoms with E-state index in [-0.39, 0.29) is 51.4 Å². The van der Waals surface area contributed by atoms with E-state index in [1.807, 2.05) is 0 Å². The van der Waals surface area contributed by atoms with Crippen LogP contribution < -0.4 is 61.3 Å². The Hall–Kier alpha value is -1.07. The first kappa shape index (κ1) is 15.9. The number of benzene rings is 1. The second kappa shape index (κ2) is 6.61. The zero-order valence-electron chi connectivity index (χ0n) is 8.48. The number of carbonyl (C=O) groups is 1. The smallest absolute Gasteiger partial charge is 0.545 e. The van der Waals surface area contributed by atoms with E-state index in [1.54, 1.807) is 0 Å². The summed E-state index contributed by atoms with van der Waals surface area (Å²) in [5.74, 6) is -2.77. The van der Waals surface area contributed by atoms with Gasteiger partial charge in [0.25, 0.3) is 10.8 Å². The number of aromatic carboxylic acids is 1. The van der Waals surface area contributed by atoms with Crippen molar-refractivity contribution in [1.29, 1.82) is 0 Å². The van der Waals surface area contributed by atoms with Crippen molar-refractivity contribution in [3.8, 4) is 5.75 Å². The number of nitrogens with zero attached hydrogens (tertiary/aromatic N) is 2. The SMILES string of the molecule is O=C([O-])c1cccc([N+](=O)[O-])c1O[N+](=O)[O-].[K+]. The van der Waals surface area contributed by atoms with E-state index in [0.29, 0.717) is 0 Å². The molecule has 0 aliphatic heterocycles. The molecule has 0 bridgehead atoms. The van der Waals surface area contributed by atoms with Gasteiger partial charge in [0.2, 0.25) is 5.75 Å². The molecule has 9 nitrogen and oxygen atoms in total. The van der Waals surface area contributed by atoms with Crippen LogP contribution in [0.2, 0.25) is 0 Å². The van der Waals surface area contributed by atoms with Gasteiger partial charge in [-0.05, 0) is 0 Å². The Morgan fingerprint density at radius 2 is 1.82 bits per heavy atom. The number of hydrogen-bond acceptors (Lipinski definition) is 7. The van der Waals surface area contributed by atoms with Crippen molar-refractivity contribution < 1.29 is 76.1 Å². The van der Waals surface area contributed by atoms with Crippen LogP contribution in [0.4, 0.5) is 5.69 Å². The molecule has 0 atom stereocenters. The molecule has 1 aromatic rings. The zero-order valence-corrected chi connectivity index (χ0v) is 11.6. The van der Waals surface area contributed by atoms with Gasteiger partial charge in [-0.2, -0.15) is 0 Å². The van der Waals surface area contributed by atoms with Gasteiger partial charge >= 0.3 is 51.4 Å². The Balaban J connectivity index is 0.00000256. The standard InChI is InChI=1S/C7H4N2O7.K/c10-7(11)4-2-1-3-5(8(12)13)6(4)16-9(14)15;/h1-3H,(H,10,11);/q;+1/p-1. The number of nitro benzene ring substituents is 1. The molecule has 1 aromatic carbocycles. The summed E-state index contributed by atoms with van der Waals surface area (Å²) < 4.78 is 0. The van der Waals surface area contributed by atoms with Gasteiger partial charge in [-0.3, -0.25) is 15.0 Å². The first-order valence-corrected chi connectivity index (χ1v) is 3.74. The normalized spacial score (nSPS) is 8.94. The van der Waals surface area contributed by atoms with E-state index in [9.17, 15) is 30.1 Å². The molecule has 0 amide bonds. The third-order valence-electron chi connectivity index (χ3n) is 1.58. The van der Waals surface area contributed by atoms with E-state index < -0.39 is 33.0 Å². The molecule has 0 fully saturated rings. The van der Waals surface area contributed by atoms with E-state index in [0.717, 1.165) is 18.2 Å². The zero-order chi connectivity index (χ0) is 12.3. The van der Waals surface area contributed by atoms with Crippen molar-refractivity contribution in [3.63, 3.8) is 0 Å². The molecule has 0 spiro atoms. The Morgan fingerprint density at radius 1 is 1.24 bits per heavy atom. The van der Waals surface area contributed by atoms with Crippen molar-refractivity contribution in [2.45, 2.75) is 0 Å². The number of carboxylic acids is 1. The molecular weight excluding hydrogens is 263 g/mol. The van der Waals surface area contributed by atoms with Gasteiger partial charge in [-0.1, -0.05) is 12.1 Å². The predicted octanol–water partition coefficient (Wildman–Crippen LogP) is -3.47. The molecule has 0 aliphatic carbocycles. The second-order valence-corrected chi connectivity index (χ2v) is 2.51. The van der Waals surface area contributed by atoms with Crippen molar-refractivity contribution >= 4 is 11.7 Å². The average molecular weight is 266 g/mol. The fourth-order valence-electron chi connectivity index (χ4n) is 1.000. The number of hydrogen-bond donors (Lipinski definition) is 0. The maximum Gasteiger partial charge on any atom is 1.00 e. The molecular formula is C7H3KN2O7. The molecule has 1 rings (SSSR count). The van der Waals surface area contributed by atoms with Crippen molar-refractivity contribution in [1.82, 2.24) is 0 Å². The van der Waals surface area contributed by atoms with E-state index in [4.69, 9.17) is 0 Å². The van der Waals surface area contributed by atoms with Crippen LogP contribution in [0.3, 0.4) is 0 Å². The Labute approximate surface area is 136 Å². The van der Waals surface area contributed by atoms with Crippen LogP contribution in [0.25, 0.3) is 0 Å². The molecule has 0 radical (unpaired) electrons. The summed E-state index contributed by atoms with van der Waals surface area (Å²) in [4.78, 5) is 33.9. The minimum Gasteiger partial charge on any atom is -0.545 e. The summed E-state index contributed by atoms with van der Waals surface area (Å²) in [5.41, 5.74) is -1.58. The minimum absolute atomic E-state index is 0. The molecule has 17 heavy (non-hydrogen) atoms.